The molecule has 27 heavy (non-hydrogen) atoms. The third kappa shape index (κ3) is 6.08. The summed E-state index contributed by atoms with van der Waals surface area (Å²) in [5.74, 6) is -1.73. The number of carbonyl (C=O) groups excluding carboxylic acids is 1. The van der Waals surface area contributed by atoms with Crippen LogP contribution in [0, 0.1) is 10.1 Å². The van der Waals surface area contributed by atoms with E-state index in [9.17, 15) is 24.8 Å². The third-order valence-electron chi connectivity index (χ3n) is 3.85. The largest absolute Gasteiger partial charge is 0.480 e. The molecule has 0 fully saturated rings. The van der Waals surface area contributed by atoms with Crippen molar-refractivity contribution in [2.24, 2.45) is 0 Å². The number of aliphatic carboxylic acids is 1. The van der Waals surface area contributed by atoms with E-state index in [0.29, 0.717) is 13.0 Å². The van der Waals surface area contributed by atoms with Crippen LogP contribution in [0.2, 0.25) is 0 Å². The second kappa shape index (κ2) is 9.30. The Morgan fingerprint density at radius 3 is 2.52 bits per heavy atom. The summed E-state index contributed by atoms with van der Waals surface area (Å²) in [6, 6.07) is 12.3. The van der Waals surface area contributed by atoms with Crippen molar-refractivity contribution >= 4 is 28.9 Å². The number of rotatable bonds is 9. The molecule has 0 aliphatic carbocycles. The Kier molecular flexibility index (Phi) is 6.84. The number of anilines is 2. The van der Waals surface area contributed by atoms with Crippen molar-refractivity contribution in [3.8, 4) is 0 Å². The molecule has 142 valence electrons. The number of carboxylic acid groups (broad SMARTS) is 1. The minimum atomic E-state index is -1.15. The molecule has 0 radical (unpaired) electrons. The molecule has 0 aliphatic rings. The molecule has 1 atom stereocenters. The quantitative estimate of drug-likeness (QED) is 0.298. The van der Waals surface area contributed by atoms with Crippen molar-refractivity contribution in [3.63, 3.8) is 0 Å². The smallest absolute Gasteiger partial charge is 0.321 e. The number of nitrogen functional groups attached to an aromatic ring is 1. The number of carbonyl (C=O) groups is 2. The minimum Gasteiger partial charge on any atom is -0.480 e. The summed E-state index contributed by atoms with van der Waals surface area (Å²) >= 11 is 0. The van der Waals surface area contributed by atoms with Gasteiger partial charge in [0.05, 0.1) is 11.3 Å². The van der Waals surface area contributed by atoms with Gasteiger partial charge in [-0.05, 0) is 30.7 Å². The highest BCUT2D eigenvalue weighted by Crippen LogP contribution is 2.25. The predicted molar refractivity (Wildman–Crippen MR) is 100 cm³/mol. The van der Waals surface area contributed by atoms with E-state index in [0.717, 1.165) is 11.6 Å². The topological polar surface area (TPSA) is 148 Å². The first kappa shape index (κ1) is 19.9. The lowest BCUT2D eigenvalue weighted by atomic mass is 10.1. The fourth-order valence-corrected chi connectivity index (χ4v) is 2.46. The maximum atomic E-state index is 12.1. The first-order valence-electron chi connectivity index (χ1n) is 8.20. The number of benzene rings is 2. The first-order chi connectivity index (χ1) is 12.9. The van der Waals surface area contributed by atoms with E-state index >= 15 is 0 Å². The average molecular weight is 372 g/mol. The number of nitrogens with one attached hydrogen (secondary N) is 2. The van der Waals surface area contributed by atoms with E-state index in [1.807, 2.05) is 30.3 Å². The molecule has 2 aromatic rings. The van der Waals surface area contributed by atoms with Gasteiger partial charge < -0.3 is 21.5 Å². The Morgan fingerprint density at radius 2 is 1.89 bits per heavy atom. The van der Waals surface area contributed by atoms with E-state index in [2.05, 4.69) is 10.6 Å². The maximum absolute atomic E-state index is 12.1. The molecule has 1 amide bonds. The van der Waals surface area contributed by atoms with Crippen molar-refractivity contribution in [2.75, 3.05) is 17.6 Å². The molecule has 5 N–H and O–H groups in total. The lowest BCUT2D eigenvalue weighted by molar-refractivity contribution is -0.383. The molecule has 0 saturated carbocycles. The lowest BCUT2D eigenvalue weighted by Crippen LogP contribution is -2.40. The summed E-state index contributed by atoms with van der Waals surface area (Å²) < 4.78 is 0. The number of nitrogens with two attached hydrogens (primary N) is 1. The summed E-state index contributed by atoms with van der Waals surface area (Å²) in [6.07, 6.45) is 0.304. The zero-order chi connectivity index (χ0) is 19.8. The molecule has 0 aromatic heterocycles. The zero-order valence-corrected chi connectivity index (χ0v) is 14.4. The first-order valence-corrected chi connectivity index (χ1v) is 8.20. The average Bonchev–Trinajstić information content (AvgIpc) is 2.63. The van der Waals surface area contributed by atoms with Gasteiger partial charge in [-0.2, -0.15) is 0 Å². The fourth-order valence-electron chi connectivity index (χ4n) is 2.46. The van der Waals surface area contributed by atoms with Crippen LogP contribution in [-0.2, 0) is 16.0 Å². The van der Waals surface area contributed by atoms with Gasteiger partial charge in [0.25, 0.3) is 5.69 Å². The van der Waals surface area contributed by atoms with Gasteiger partial charge >= 0.3 is 5.97 Å². The molecule has 9 nitrogen and oxygen atoms in total. The summed E-state index contributed by atoms with van der Waals surface area (Å²) in [7, 11) is 0. The molecule has 0 bridgehead atoms. The number of hydrogen-bond acceptors (Lipinski definition) is 6. The normalized spacial score (nSPS) is 11.6. The molecule has 9 heteroatoms. The Hall–Kier alpha value is -3.46. The van der Waals surface area contributed by atoms with Crippen LogP contribution in [0.15, 0.2) is 48.5 Å². The zero-order valence-electron chi connectivity index (χ0n) is 14.4. The molecule has 2 rings (SSSR count). The SMILES string of the molecule is Nc1ccc(NC(=O)C[C@@H](NCCc2ccccc2)C(=O)O)cc1[N+](=O)[O-]. The number of nitro groups is 1. The van der Waals surface area contributed by atoms with Crippen LogP contribution in [0.1, 0.15) is 12.0 Å². The van der Waals surface area contributed by atoms with E-state index < -0.39 is 22.8 Å². The molecule has 0 unspecified atom stereocenters. The molecule has 2 aromatic carbocycles. The van der Waals surface area contributed by atoms with Gasteiger partial charge in [-0.25, -0.2) is 0 Å². The molecule has 0 aliphatic heterocycles. The Labute approximate surface area is 155 Å². The van der Waals surface area contributed by atoms with Crippen molar-refractivity contribution in [2.45, 2.75) is 18.9 Å². The third-order valence-corrected chi connectivity index (χ3v) is 3.85. The van der Waals surface area contributed by atoms with Gasteiger partial charge in [-0.15, -0.1) is 0 Å². The van der Waals surface area contributed by atoms with Crippen molar-refractivity contribution in [1.29, 1.82) is 0 Å². The van der Waals surface area contributed by atoms with E-state index in [4.69, 9.17) is 5.73 Å². The molecule has 0 saturated heterocycles. The molecule has 0 spiro atoms. The fraction of sp³-hybridized carbons (Fsp3) is 0.222. The monoisotopic (exact) mass is 372 g/mol. The number of carboxylic acids is 1. The van der Waals surface area contributed by atoms with Crippen LogP contribution in [-0.4, -0.2) is 34.5 Å². The van der Waals surface area contributed by atoms with Gasteiger partial charge in [0.15, 0.2) is 0 Å². The number of nitrogens with zero attached hydrogens (tertiary/aromatic N) is 1. The molecular weight excluding hydrogens is 352 g/mol. The van der Waals surface area contributed by atoms with Gasteiger partial charge in [-0.1, -0.05) is 30.3 Å². The predicted octanol–water partition coefficient (Wildman–Crippen LogP) is 1.79. The second-order valence-corrected chi connectivity index (χ2v) is 5.86. The highest BCUT2D eigenvalue weighted by Gasteiger charge is 2.21. The Balaban J connectivity index is 1.91. The number of amides is 1. The minimum absolute atomic E-state index is 0.0241. The van der Waals surface area contributed by atoms with Crippen LogP contribution in [0.5, 0.6) is 0 Å². The van der Waals surface area contributed by atoms with Gasteiger partial charge in [0.1, 0.15) is 11.7 Å². The summed E-state index contributed by atoms with van der Waals surface area (Å²) in [6.45, 7) is 0.390. The van der Waals surface area contributed by atoms with Crippen LogP contribution >= 0.6 is 0 Å². The summed E-state index contributed by atoms with van der Waals surface area (Å²) in [4.78, 5) is 33.7. The summed E-state index contributed by atoms with van der Waals surface area (Å²) in [5.41, 5.74) is 6.37. The maximum Gasteiger partial charge on any atom is 0.321 e. The summed E-state index contributed by atoms with van der Waals surface area (Å²) in [5, 5.41) is 25.5. The van der Waals surface area contributed by atoms with E-state index in [1.165, 1.54) is 12.1 Å². The van der Waals surface area contributed by atoms with Crippen LogP contribution < -0.4 is 16.4 Å². The van der Waals surface area contributed by atoms with Crippen LogP contribution in [0.25, 0.3) is 0 Å². The van der Waals surface area contributed by atoms with Crippen molar-refractivity contribution in [1.82, 2.24) is 5.32 Å². The Bertz CT molecular complexity index is 826. The number of nitro benzene ring substituents is 1. The lowest BCUT2D eigenvalue weighted by Gasteiger charge is -2.14. The standard InChI is InChI=1S/C18H20N4O5/c19-14-7-6-13(10-16(14)22(26)27)21-17(23)11-15(18(24)25)20-9-8-12-4-2-1-3-5-12/h1-7,10,15,20H,8-9,11,19H2,(H,21,23)(H,24,25)/t15-/m1/s1. The van der Waals surface area contributed by atoms with E-state index in [-0.39, 0.29) is 23.5 Å². The van der Waals surface area contributed by atoms with Crippen molar-refractivity contribution in [3.05, 3.63) is 64.2 Å². The highest BCUT2D eigenvalue weighted by molar-refractivity contribution is 5.94. The van der Waals surface area contributed by atoms with Crippen LogP contribution in [0.3, 0.4) is 0 Å². The second-order valence-electron chi connectivity index (χ2n) is 5.86. The molecule has 0 heterocycles. The molecular formula is C18H20N4O5. The van der Waals surface area contributed by atoms with E-state index in [1.54, 1.807) is 0 Å². The Morgan fingerprint density at radius 1 is 1.19 bits per heavy atom. The van der Waals surface area contributed by atoms with Crippen molar-refractivity contribution < 1.29 is 19.6 Å². The van der Waals surface area contributed by atoms with Gasteiger partial charge in [0.2, 0.25) is 5.91 Å². The van der Waals surface area contributed by atoms with Gasteiger partial charge in [-0.3, -0.25) is 19.7 Å². The van der Waals surface area contributed by atoms with Crippen LogP contribution in [0.4, 0.5) is 17.1 Å². The number of hydrogen-bond donors (Lipinski definition) is 4. The van der Waals surface area contributed by atoms with Gasteiger partial charge in [0, 0.05) is 11.8 Å². The highest BCUT2D eigenvalue weighted by atomic mass is 16.6.